The number of halogens is 1. The maximum atomic E-state index is 12.0. The molecule has 0 spiro atoms. The predicted molar refractivity (Wildman–Crippen MR) is 67.3 cm³/mol. The summed E-state index contributed by atoms with van der Waals surface area (Å²) in [4.78, 5) is 14.1. The van der Waals surface area contributed by atoms with Crippen molar-refractivity contribution in [2.45, 2.75) is 56.7 Å². The minimum atomic E-state index is 0.0262. The van der Waals surface area contributed by atoms with E-state index in [1.165, 1.54) is 38.5 Å². The molecule has 3 heteroatoms. The van der Waals surface area contributed by atoms with Gasteiger partial charge in [-0.15, -0.1) is 0 Å². The van der Waals surface area contributed by atoms with Crippen LogP contribution in [0, 0.1) is 0 Å². The van der Waals surface area contributed by atoms with Crippen LogP contribution in [0.1, 0.15) is 51.9 Å². The van der Waals surface area contributed by atoms with Gasteiger partial charge in [0, 0.05) is 13.1 Å². The summed E-state index contributed by atoms with van der Waals surface area (Å²) >= 11 is 3.45. The van der Waals surface area contributed by atoms with Crippen LogP contribution in [0.5, 0.6) is 0 Å². The van der Waals surface area contributed by atoms with Gasteiger partial charge < -0.3 is 4.90 Å². The van der Waals surface area contributed by atoms with Crippen LogP contribution in [-0.4, -0.2) is 28.7 Å². The molecular formula is C12H22BrNO. The SMILES string of the molecule is CCC(Br)C(=O)N1CCCCCCCC1. The summed E-state index contributed by atoms with van der Waals surface area (Å²) in [5, 5.41) is 0. The normalized spacial score (nSPS) is 21.3. The predicted octanol–water partition coefficient (Wildman–Crippen LogP) is 3.34. The topological polar surface area (TPSA) is 20.3 Å². The molecule has 0 aromatic heterocycles. The first kappa shape index (κ1) is 13.0. The molecule has 1 atom stereocenters. The van der Waals surface area contributed by atoms with E-state index in [9.17, 15) is 4.79 Å². The molecule has 1 amide bonds. The Balaban J connectivity index is 2.45. The Morgan fingerprint density at radius 3 is 2.07 bits per heavy atom. The highest BCUT2D eigenvalue weighted by molar-refractivity contribution is 9.10. The van der Waals surface area contributed by atoms with E-state index in [0.29, 0.717) is 5.91 Å². The second-order valence-electron chi connectivity index (χ2n) is 4.32. The molecule has 0 aliphatic carbocycles. The van der Waals surface area contributed by atoms with Crippen molar-refractivity contribution in [3.05, 3.63) is 0 Å². The number of alkyl halides is 1. The minimum absolute atomic E-state index is 0.0262. The van der Waals surface area contributed by atoms with Crippen LogP contribution < -0.4 is 0 Å². The van der Waals surface area contributed by atoms with Gasteiger partial charge in [0.15, 0.2) is 0 Å². The molecule has 1 aliphatic rings. The van der Waals surface area contributed by atoms with Gasteiger partial charge in [0.1, 0.15) is 0 Å². The molecule has 1 saturated heterocycles. The van der Waals surface area contributed by atoms with Crippen LogP contribution in [0.15, 0.2) is 0 Å². The zero-order chi connectivity index (χ0) is 11.1. The van der Waals surface area contributed by atoms with Gasteiger partial charge in [0.25, 0.3) is 0 Å². The number of carbonyl (C=O) groups excluding carboxylic acids is 1. The van der Waals surface area contributed by atoms with Crippen molar-refractivity contribution in [3.63, 3.8) is 0 Å². The lowest BCUT2D eigenvalue weighted by Crippen LogP contribution is -2.37. The van der Waals surface area contributed by atoms with Crippen molar-refractivity contribution in [1.29, 1.82) is 0 Å². The molecule has 0 radical (unpaired) electrons. The van der Waals surface area contributed by atoms with Crippen molar-refractivity contribution >= 4 is 21.8 Å². The monoisotopic (exact) mass is 275 g/mol. The Morgan fingerprint density at radius 2 is 1.60 bits per heavy atom. The summed E-state index contributed by atoms with van der Waals surface area (Å²) in [6.45, 7) is 3.97. The lowest BCUT2D eigenvalue weighted by Gasteiger charge is -2.24. The third kappa shape index (κ3) is 4.54. The molecule has 0 saturated carbocycles. The van der Waals surface area contributed by atoms with Crippen LogP contribution in [0.3, 0.4) is 0 Å². The molecule has 0 aromatic carbocycles. The fraction of sp³-hybridized carbons (Fsp3) is 0.917. The summed E-state index contributed by atoms with van der Waals surface area (Å²) in [5.41, 5.74) is 0. The lowest BCUT2D eigenvalue weighted by molar-refractivity contribution is -0.130. The fourth-order valence-corrected chi connectivity index (χ4v) is 2.31. The number of nitrogens with zero attached hydrogens (tertiary/aromatic N) is 1. The molecule has 1 unspecified atom stereocenters. The van der Waals surface area contributed by atoms with Crippen molar-refractivity contribution in [1.82, 2.24) is 4.90 Å². The van der Waals surface area contributed by atoms with Gasteiger partial charge in [-0.25, -0.2) is 0 Å². The van der Waals surface area contributed by atoms with Gasteiger partial charge in [0.2, 0.25) is 5.91 Å². The average Bonchev–Trinajstić information content (AvgIpc) is 2.40. The number of amides is 1. The first-order valence-electron chi connectivity index (χ1n) is 6.18. The van der Waals surface area contributed by atoms with Gasteiger partial charge in [0.05, 0.1) is 4.83 Å². The Bertz CT molecular complexity index is 186. The van der Waals surface area contributed by atoms with E-state index < -0.39 is 0 Å². The van der Waals surface area contributed by atoms with Gasteiger partial charge in [-0.05, 0) is 19.3 Å². The van der Waals surface area contributed by atoms with E-state index in [4.69, 9.17) is 0 Å². The van der Waals surface area contributed by atoms with Gasteiger partial charge in [-0.1, -0.05) is 48.5 Å². The smallest absolute Gasteiger partial charge is 0.236 e. The van der Waals surface area contributed by atoms with Crippen molar-refractivity contribution < 1.29 is 4.79 Å². The molecule has 0 N–H and O–H groups in total. The number of carbonyl (C=O) groups is 1. The number of hydrogen-bond donors (Lipinski definition) is 0. The van der Waals surface area contributed by atoms with Crippen LogP contribution in [0.25, 0.3) is 0 Å². The Morgan fingerprint density at radius 1 is 1.13 bits per heavy atom. The van der Waals surface area contributed by atoms with E-state index in [-0.39, 0.29) is 4.83 Å². The maximum Gasteiger partial charge on any atom is 0.236 e. The molecule has 1 aliphatic heterocycles. The van der Waals surface area contributed by atoms with Crippen molar-refractivity contribution in [3.8, 4) is 0 Å². The zero-order valence-corrected chi connectivity index (χ0v) is 11.3. The van der Waals surface area contributed by atoms with Crippen LogP contribution in [0.2, 0.25) is 0 Å². The Hall–Kier alpha value is -0.0500. The highest BCUT2D eigenvalue weighted by Gasteiger charge is 2.20. The third-order valence-electron chi connectivity index (χ3n) is 3.04. The molecule has 2 nitrogen and oxygen atoms in total. The van der Waals surface area contributed by atoms with E-state index in [1.807, 2.05) is 11.8 Å². The first-order valence-corrected chi connectivity index (χ1v) is 7.10. The second-order valence-corrected chi connectivity index (χ2v) is 5.43. The molecular weight excluding hydrogens is 254 g/mol. The summed E-state index contributed by atoms with van der Waals surface area (Å²) < 4.78 is 0. The fourth-order valence-electron chi connectivity index (χ4n) is 2.02. The molecule has 1 rings (SSSR count). The quantitative estimate of drug-likeness (QED) is 0.708. The third-order valence-corrected chi connectivity index (χ3v) is 4.08. The summed E-state index contributed by atoms with van der Waals surface area (Å²) in [6.07, 6.45) is 8.48. The lowest BCUT2D eigenvalue weighted by atomic mass is 10.1. The van der Waals surface area contributed by atoms with Gasteiger partial charge in [-0.3, -0.25) is 4.79 Å². The van der Waals surface area contributed by atoms with E-state index in [1.54, 1.807) is 0 Å². The Kier molecular flexibility index (Phi) is 6.30. The molecule has 1 heterocycles. The van der Waals surface area contributed by atoms with E-state index in [0.717, 1.165) is 19.5 Å². The molecule has 88 valence electrons. The highest BCUT2D eigenvalue weighted by Crippen LogP contribution is 2.15. The molecule has 1 fully saturated rings. The van der Waals surface area contributed by atoms with Crippen molar-refractivity contribution in [2.24, 2.45) is 0 Å². The van der Waals surface area contributed by atoms with Gasteiger partial charge in [-0.2, -0.15) is 0 Å². The van der Waals surface area contributed by atoms with E-state index >= 15 is 0 Å². The second kappa shape index (κ2) is 7.26. The first-order chi connectivity index (χ1) is 7.25. The van der Waals surface area contributed by atoms with Crippen LogP contribution >= 0.6 is 15.9 Å². The number of hydrogen-bond acceptors (Lipinski definition) is 1. The van der Waals surface area contributed by atoms with Crippen LogP contribution in [0.4, 0.5) is 0 Å². The molecule has 0 aromatic rings. The summed E-state index contributed by atoms with van der Waals surface area (Å²) in [7, 11) is 0. The summed E-state index contributed by atoms with van der Waals surface area (Å²) in [5.74, 6) is 0.291. The minimum Gasteiger partial charge on any atom is -0.342 e. The average molecular weight is 276 g/mol. The maximum absolute atomic E-state index is 12.0. The zero-order valence-electron chi connectivity index (χ0n) is 9.67. The largest absolute Gasteiger partial charge is 0.342 e. The van der Waals surface area contributed by atoms with E-state index in [2.05, 4.69) is 15.9 Å². The van der Waals surface area contributed by atoms with Gasteiger partial charge >= 0.3 is 0 Å². The Labute approximate surface area is 102 Å². The molecule has 15 heavy (non-hydrogen) atoms. The highest BCUT2D eigenvalue weighted by atomic mass is 79.9. The molecule has 0 bridgehead atoms. The van der Waals surface area contributed by atoms with Crippen molar-refractivity contribution in [2.75, 3.05) is 13.1 Å². The van der Waals surface area contributed by atoms with Crippen LogP contribution in [-0.2, 0) is 4.79 Å². The summed E-state index contributed by atoms with van der Waals surface area (Å²) in [6, 6.07) is 0. The number of rotatable bonds is 2. The standard InChI is InChI=1S/C12H22BrNO/c1-2-11(13)12(15)14-9-7-5-3-4-6-8-10-14/h11H,2-10H2,1H3.